The summed E-state index contributed by atoms with van der Waals surface area (Å²) in [6.07, 6.45) is 3.98. The molecule has 78 valence electrons. The molecular weight excluding hydrogens is 192 g/mol. The smallest absolute Gasteiger partial charge is 0.0541 e. The molecule has 2 nitrogen and oxygen atoms in total. The summed E-state index contributed by atoms with van der Waals surface area (Å²) < 4.78 is 0. The Balaban J connectivity index is 2.16. The van der Waals surface area contributed by atoms with Gasteiger partial charge in [0.05, 0.1) is 5.69 Å². The first kappa shape index (κ1) is 11.5. The number of hydrogen-bond acceptors (Lipinski definition) is 3. The lowest BCUT2D eigenvalue weighted by Gasteiger charge is -2.10. The first-order valence-electron chi connectivity index (χ1n) is 4.92. The van der Waals surface area contributed by atoms with Crippen molar-refractivity contribution < 1.29 is 0 Å². The average Bonchev–Trinajstić information content (AvgIpc) is 2.20. The fourth-order valence-corrected chi connectivity index (χ4v) is 1.98. The maximum atomic E-state index is 4.25. The quantitative estimate of drug-likeness (QED) is 0.779. The summed E-state index contributed by atoms with van der Waals surface area (Å²) in [6.45, 7) is 4.21. The van der Waals surface area contributed by atoms with Gasteiger partial charge in [0.2, 0.25) is 0 Å². The van der Waals surface area contributed by atoms with Crippen LogP contribution in [0.1, 0.15) is 12.6 Å². The summed E-state index contributed by atoms with van der Waals surface area (Å²) >= 11 is 1.90. The van der Waals surface area contributed by atoms with Crippen LogP contribution in [-0.2, 0) is 6.54 Å². The number of nitrogens with zero attached hydrogens (tertiary/aromatic N) is 1. The van der Waals surface area contributed by atoms with Crippen LogP contribution in [0, 0.1) is 5.92 Å². The third-order valence-corrected chi connectivity index (χ3v) is 2.88. The molecule has 0 amide bonds. The fourth-order valence-electron chi connectivity index (χ4n) is 1.29. The van der Waals surface area contributed by atoms with Gasteiger partial charge in [-0.2, -0.15) is 11.8 Å². The van der Waals surface area contributed by atoms with E-state index in [4.69, 9.17) is 0 Å². The van der Waals surface area contributed by atoms with E-state index in [9.17, 15) is 0 Å². The minimum Gasteiger partial charge on any atom is -0.311 e. The van der Waals surface area contributed by atoms with Crippen LogP contribution < -0.4 is 5.32 Å². The third kappa shape index (κ3) is 4.63. The Hall–Kier alpha value is -0.540. The topological polar surface area (TPSA) is 24.9 Å². The molecule has 0 aliphatic heterocycles. The predicted molar refractivity (Wildman–Crippen MR) is 63.5 cm³/mol. The summed E-state index contributed by atoms with van der Waals surface area (Å²) in [4.78, 5) is 4.25. The predicted octanol–water partition coefficient (Wildman–Crippen LogP) is 2.17. The molecule has 0 aromatic carbocycles. The number of nitrogens with one attached hydrogen (secondary N) is 1. The van der Waals surface area contributed by atoms with E-state index in [1.807, 2.05) is 36.2 Å². The molecule has 14 heavy (non-hydrogen) atoms. The highest BCUT2D eigenvalue weighted by molar-refractivity contribution is 7.98. The molecule has 1 aromatic rings. The molecule has 0 spiro atoms. The molecule has 1 unspecified atom stereocenters. The minimum atomic E-state index is 0.730. The lowest BCUT2D eigenvalue weighted by atomic mass is 10.2. The van der Waals surface area contributed by atoms with Crippen molar-refractivity contribution in [3.63, 3.8) is 0 Å². The third-order valence-electron chi connectivity index (χ3n) is 1.98. The summed E-state index contributed by atoms with van der Waals surface area (Å²) in [6, 6.07) is 6.02. The Labute approximate surface area is 90.5 Å². The summed E-state index contributed by atoms with van der Waals surface area (Å²) in [5.74, 6) is 1.95. The molecule has 1 atom stereocenters. The van der Waals surface area contributed by atoms with Gasteiger partial charge in [0.15, 0.2) is 0 Å². The second-order valence-electron chi connectivity index (χ2n) is 3.51. The monoisotopic (exact) mass is 210 g/mol. The molecule has 0 aliphatic carbocycles. The molecule has 3 heteroatoms. The van der Waals surface area contributed by atoms with Gasteiger partial charge in [0.25, 0.3) is 0 Å². The van der Waals surface area contributed by atoms with Crippen LogP contribution in [0.25, 0.3) is 0 Å². The number of thioether (sulfide) groups is 1. The van der Waals surface area contributed by atoms with Gasteiger partial charge in [-0.1, -0.05) is 13.0 Å². The summed E-state index contributed by atoms with van der Waals surface area (Å²) in [7, 11) is 0. The maximum absolute atomic E-state index is 4.25. The highest BCUT2D eigenvalue weighted by Gasteiger charge is 2.00. The molecule has 1 N–H and O–H groups in total. The van der Waals surface area contributed by atoms with E-state index in [1.54, 1.807) is 0 Å². The average molecular weight is 210 g/mol. The van der Waals surface area contributed by atoms with E-state index >= 15 is 0 Å². The zero-order chi connectivity index (χ0) is 10.2. The molecule has 0 fully saturated rings. The normalized spacial score (nSPS) is 12.7. The van der Waals surface area contributed by atoms with Gasteiger partial charge in [0, 0.05) is 12.7 Å². The van der Waals surface area contributed by atoms with E-state index in [1.165, 1.54) is 5.75 Å². The highest BCUT2D eigenvalue weighted by atomic mass is 32.2. The molecule has 1 aromatic heterocycles. The van der Waals surface area contributed by atoms with Crippen molar-refractivity contribution in [3.8, 4) is 0 Å². The van der Waals surface area contributed by atoms with Crippen molar-refractivity contribution in [3.05, 3.63) is 30.1 Å². The van der Waals surface area contributed by atoms with Crippen LogP contribution in [-0.4, -0.2) is 23.5 Å². The SMILES string of the molecule is CSCC(C)CNCc1ccccn1. The largest absolute Gasteiger partial charge is 0.311 e. The van der Waals surface area contributed by atoms with Crippen LogP contribution in [0.3, 0.4) is 0 Å². The van der Waals surface area contributed by atoms with Gasteiger partial charge in [-0.05, 0) is 36.6 Å². The van der Waals surface area contributed by atoms with Gasteiger partial charge in [-0.3, -0.25) is 4.98 Å². The number of rotatable bonds is 6. The van der Waals surface area contributed by atoms with Gasteiger partial charge in [-0.25, -0.2) is 0 Å². The first-order valence-corrected chi connectivity index (χ1v) is 6.32. The standard InChI is InChI=1S/C11H18N2S/c1-10(9-14-2)7-12-8-11-5-3-4-6-13-11/h3-6,10,12H,7-9H2,1-2H3. The lowest BCUT2D eigenvalue weighted by molar-refractivity contribution is 0.555. The zero-order valence-corrected chi connectivity index (χ0v) is 9.68. The Morgan fingerprint density at radius 3 is 3.00 bits per heavy atom. The molecule has 0 saturated heterocycles. The zero-order valence-electron chi connectivity index (χ0n) is 8.86. The van der Waals surface area contributed by atoms with Gasteiger partial charge >= 0.3 is 0 Å². The van der Waals surface area contributed by atoms with Gasteiger partial charge in [-0.15, -0.1) is 0 Å². The lowest BCUT2D eigenvalue weighted by Crippen LogP contribution is -2.22. The second-order valence-corrected chi connectivity index (χ2v) is 4.42. The van der Waals surface area contributed by atoms with Crippen molar-refractivity contribution >= 4 is 11.8 Å². The Morgan fingerprint density at radius 1 is 1.50 bits per heavy atom. The Bertz CT molecular complexity index is 238. The fraction of sp³-hybridized carbons (Fsp3) is 0.545. The van der Waals surface area contributed by atoms with Crippen LogP contribution in [0.15, 0.2) is 24.4 Å². The van der Waals surface area contributed by atoms with Crippen molar-refractivity contribution in [2.75, 3.05) is 18.6 Å². The molecule has 0 bridgehead atoms. The van der Waals surface area contributed by atoms with Crippen molar-refractivity contribution in [1.29, 1.82) is 0 Å². The van der Waals surface area contributed by atoms with E-state index in [0.717, 1.165) is 24.7 Å². The van der Waals surface area contributed by atoms with Gasteiger partial charge < -0.3 is 5.32 Å². The van der Waals surface area contributed by atoms with Crippen LogP contribution >= 0.6 is 11.8 Å². The first-order chi connectivity index (χ1) is 6.83. The minimum absolute atomic E-state index is 0.730. The Morgan fingerprint density at radius 2 is 2.36 bits per heavy atom. The second kappa shape index (κ2) is 6.85. The summed E-state index contributed by atoms with van der Waals surface area (Å²) in [5.41, 5.74) is 1.11. The highest BCUT2D eigenvalue weighted by Crippen LogP contribution is 2.02. The van der Waals surface area contributed by atoms with E-state index < -0.39 is 0 Å². The van der Waals surface area contributed by atoms with Crippen LogP contribution in [0.5, 0.6) is 0 Å². The van der Waals surface area contributed by atoms with Crippen LogP contribution in [0.2, 0.25) is 0 Å². The number of pyridine rings is 1. The molecule has 0 radical (unpaired) electrons. The Kier molecular flexibility index (Phi) is 5.64. The van der Waals surface area contributed by atoms with E-state index in [0.29, 0.717) is 0 Å². The number of aromatic nitrogens is 1. The van der Waals surface area contributed by atoms with E-state index in [-0.39, 0.29) is 0 Å². The molecule has 1 rings (SSSR count). The van der Waals surface area contributed by atoms with Crippen molar-refractivity contribution in [1.82, 2.24) is 10.3 Å². The van der Waals surface area contributed by atoms with Gasteiger partial charge in [0.1, 0.15) is 0 Å². The van der Waals surface area contributed by atoms with Crippen molar-refractivity contribution in [2.45, 2.75) is 13.5 Å². The molecular formula is C11H18N2S. The van der Waals surface area contributed by atoms with Crippen LogP contribution in [0.4, 0.5) is 0 Å². The van der Waals surface area contributed by atoms with Crippen molar-refractivity contribution in [2.24, 2.45) is 5.92 Å². The molecule has 0 saturated carbocycles. The van der Waals surface area contributed by atoms with E-state index in [2.05, 4.69) is 23.5 Å². The maximum Gasteiger partial charge on any atom is 0.0541 e. The summed E-state index contributed by atoms with van der Waals surface area (Å²) in [5, 5.41) is 3.41. The number of hydrogen-bond donors (Lipinski definition) is 1. The molecule has 0 aliphatic rings. The molecule has 1 heterocycles.